The van der Waals surface area contributed by atoms with Gasteiger partial charge in [0.2, 0.25) is 0 Å². The van der Waals surface area contributed by atoms with E-state index in [9.17, 15) is 0 Å². The fraction of sp³-hybridized carbons (Fsp3) is 0.282. The maximum Gasteiger partial charge on any atom is -0.00203 e. The summed E-state index contributed by atoms with van der Waals surface area (Å²) in [7, 11) is 0. The van der Waals surface area contributed by atoms with Crippen LogP contribution in [0.3, 0.4) is 0 Å². The molecule has 0 nitrogen and oxygen atoms in total. The molecule has 6 rings (SSSR count). The van der Waals surface area contributed by atoms with E-state index < -0.39 is 0 Å². The first-order valence-electron chi connectivity index (χ1n) is 14.7. The van der Waals surface area contributed by atoms with E-state index in [4.69, 9.17) is 0 Å². The monoisotopic (exact) mass is 520 g/mol. The largest absolute Gasteiger partial charge is 0.0776 e. The summed E-state index contributed by atoms with van der Waals surface area (Å²) < 4.78 is 0. The van der Waals surface area contributed by atoms with E-state index in [1.807, 2.05) is 69.2 Å². The lowest BCUT2D eigenvalue weighted by molar-refractivity contribution is 1.50. The van der Waals surface area contributed by atoms with Crippen LogP contribution < -0.4 is 0 Å². The molecule has 0 bridgehead atoms. The van der Waals surface area contributed by atoms with Crippen LogP contribution in [0.25, 0.3) is 54.6 Å². The van der Waals surface area contributed by atoms with Gasteiger partial charge < -0.3 is 0 Å². The number of benzene rings is 6. The average molecular weight is 521 g/mol. The van der Waals surface area contributed by atoms with Crippen molar-refractivity contribution in [1.29, 1.82) is 0 Å². The van der Waals surface area contributed by atoms with E-state index in [1.54, 1.807) is 0 Å². The Kier molecular flexibility index (Phi) is 17.6. The van der Waals surface area contributed by atoms with E-state index in [2.05, 4.69) is 109 Å². The van der Waals surface area contributed by atoms with Gasteiger partial charge >= 0.3 is 0 Å². The first-order chi connectivity index (χ1) is 18.9. The summed E-state index contributed by atoms with van der Waals surface area (Å²) in [6.45, 7) is 20.0. The smallest absolute Gasteiger partial charge is 0.00203 e. The van der Waals surface area contributed by atoms with Gasteiger partial charge in [-0.05, 0) is 54.6 Å². The van der Waals surface area contributed by atoms with Crippen molar-refractivity contribution < 1.29 is 0 Å². The van der Waals surface area contributed by atoms with E-state index in [1.165, 1.54) is 54.6 Å². The lowest BCUT2D eigenvalue weighted by atomic mass is 9.87. The Hall–Kier alpha value is -3.64. The predicted molar refractivity (Wildman–Crippen MR) is 184 cm³/mol. The van der Waals surface area contributed by atoms with E-state index in [-0.39, 0.29) is 7.43 Å². The molecule has 0 saturated carbocycles. The van der Waals surface area contributed by atoms with Crippen molar-refractivity contribution in [3.05, 3.63) is 109 Å². The number of hydrogen-bond acceptors (Lipinski definition) is 0. The fourth-order valence-corrected chi connectivity index (χ4v) is 4.54. The summed E-state index contributed by atoms with van der Waals surface area (Å²) >= 11 is 0. The molecule has 0 heteroatoms. The second-order valence-electron chi connectivity index (χ2n) is 7.38. The zero-order valence-corrected chi connectivity index (χ0v) is 25.4. The topological polar surface area (TPSA) is 0 Å². The highest BCUT2D eigenvalue weighted by molar-refractivity contribution is 6.27. The van der Waals surface area contributed by atoms with E-state index in [0.29, 0.717) is 0 Å². The third-order valence-electron chi connectivity index (χ3n) is 5.83. The van der Waals surface area contributed by atoms with E-state index >= 15 is 0 Å². The predicted octanol–water partition coefficient (Wildman–Crippen LogP) is 13.7. The molecule has 0 aliphatic heterocycles. The molecule has 0 aliphatic rings. The number of rotatable bonds is 2. The van der Waals surface area contributed by atoms with Crippen LogP contribution in [0.15, 0.2) is 109 Å². The Bertz CT molecular complexity index is 1310. The summed E-state index contributed by atoms with van der Waals surface area (Å²) in [5.74, 6) is 0. The Morgan fingerprint density at radius 1 is 0.308 bits per heavy atom. The van der Waals surface area contributed by atoms with Crippen LogP contribution in [0, 0.1) is 0 Å². The molecule has 0 aliphatic carbocycles. The van der Waals surface area contributed by atoms with Crippen LogP contribution in [0.2, 0.25) is 0 Å². The van der Waals surface area contributed by atoms with Gasteiger partial charge in [-0.3, -0.25) is 0 Å². The Morgan fingerprint density at radius 2 is 0.590 bits per heavy atom. The van der Waals surface area contributed by atoms with Gasteiger partial charge in [-0.15, -0.1) is 0 Å². The van der Waals surface area contributed by atoms with Gasteiger partial charge in [-0.1, -0.05) is 186 Å². The fourth-order valence-electron chi connectivity index (χ4n) is 4.54. The summed E-state index contributed by atoms with van der Waals surface area (Å²) in [6.07, 6.45) is 0. The quantitative estimate of drug-likeness (QED) is 0.199. The highest BCUT2D eigenvalue weighted by atomic mass is 14.2. The van der Waals surface area contributed by atoms with Crippen molar-refractivity contribution >= 4 is 32.3 Å². The minimum Gasteiger partial charge on any atom is -0.0776 e. The lowest BCUT2D eigenvalue weighted by Crippen LogP contribution is -1.89. The van der Waals surface area contributed by atoms with Crippen molar-refractivity contribution in [3.63, 3.8) is 0 Å². The second kappa shape index (κ2) is 19.4. The molecule has 0 aromatic heterocycles. The molecule has 0 N–H and O–H groups in total. The molecule has 0 saturated heterocycles. The van der Waals surface area contributed by atoms with Crippen LogP contribution in [0.1, 0.15) is 76.7 Å². The van der Waals surface area contributed by atoms with Gasteiger partial charge in [0.1, 0.15) is 0 Å². The minimum atomic E-state index is 0. The molecule has 0 unspecified atom stereocenters. The molecule has 6 aromatic carbocycles. The third kappa shape index (κ3) is 7.70. The van der Waals surface area contributed by atoms with Crippen LogP contribution in [-0.4, -0.2) is 0 Å². The maximum absolute atomic E-state index is 2.29. The SMILES string of the molecule is C.CC.CC.CC.CC.CC.c1ccc(-c2ccc3ccc4c(-c5ccccc5)ccc5ccc2c3c54)cc1. The van der Waals surface area contributed by atoms with Crippen LogP contribution >= 0.6 is 0 Å². The van der Waals surface area contributed by atoms with Crippen LogP contribution in [0.5, 0.6) is 0 Å². The Labute approximate surface area is 240 Å². The van der Waals surface area contributed by atoms with Crippen LogP contribution in [-0.2, 0) is 0 Å². The second-order valence-corrected chi connectivity index (χ2v) is 7.38. The van der Waals surface area contributed by atoms with Crippen molar-refractivity contribution in [3.8, 4) is 22.3 Å². The molecule has 0 radical (unpaired) electrons. The van der Waals surface area contributed by atoms with Gasteiger partial charge in [-0.25, -0.2) is 0 Å². The summed E-state index contributed by atoms with van der Waals surface area (Å²) in [5.41, 5.74) is 5.13. The van der Waals surface area contributed by atoms with Gasteiger partial charge in [-0.2, -0.15) is 0 Å². The molecule has 208 valence electrons. The Balaban J connectivity index is 0.00000119. The lowest BCUT2D eigenvalue weighted by Gasteiger charge is -2.16. The highest BCUT2D eigenvalue weighted by Crippen LogP contribution is 2.42. The van der Waals surface area contributed by atoms with Crippen molar-refractivity contribution in [2.45, 2.75) is 76.7 Å². The van der Waals surface area contributed by atoms with Gasteiger partial charge in [0.05, 0.1) is 0 Å². The zero-order chi connectivity index (χ0) is 28.5. The van der Waals surface area contributed by atoms with Crippen molar-refractivity contribution in [2.75, 3.05) is 0 Å². The van der Waals surface area contributed by atoms with E-state index in [0.717, 1.165) is 0 Å². The summed E-state index contributed by atoms with van der Waals surface area (Å²) in [4.78, 5) is 0. The maximum atomic E-state index is 2.29. The first kappa shape index (κ1) is 35.4. The first-order valence-corrected chi connectivity index (χ1v) is 14.7. The van der Waals surface area contributed by atoms with Crippen LogP contribution in [0.4, 0.5) is 0 Å². The third-order valence-corrected chi connectivity index (χ3v) is 5.83. The number of hydrogen-bond donors (Lipinski definition) is 0. The standard InChI is InChI=1S/C28H18.5C2H6.CH4/c1-3-7-19(8-4-1)23-15-11-21-14-18-26-24(20-9-5-2-6-10-20)16-12-22-13-17-25(23)27(21)28(22)26;5*1-2;/h1-18H;5*1-2H3;1H4. The minimum absolute atomic E-state index is 0. The summed E-state index contributed by atoms with van der Waals surface area (Å²) in [5, 5.41) is 8.00. The molecule has 0 atom stereocenters. The molecule has 39 heavy (non-hydrogen) atoms. The van der Waals surface area contributed by atoms with Gasteiger partial charge in [0, 0.05) is 0 Å². The molecule has 0 heterocycles. The van der Waals surface area contributed by atoms with Crippen molar-refractivity contribution in [1.82, 2.24) is 0 Å². The molecule has 6 aromatic rings. The molecule has 0 amide bonds. The molecule has 0 fully saturated rings. The normalized spacial score (nSPS) is 9.08. The summed E-state index contributed by atoms with van der Waals surface area (Å²) in [6, 6.07) is 39.5. The molecular formula is C39H52. The van der Waals surface area contributed by atoms with Crippen molar-refractivity contribution in [2.24, 2.45) is 0 Å². The van der Waals surface area contributed by atoms with Gasteiger partial charge in [0.15, 0.2) is 0 Å². The average Bonchev–Trinajstić information content (AvgIpc) is 3.05. The zero-order valence-electron chi connectivity index (χ0n) is 25.4. The Morgan fingerprint density at radius 3 is 0.897 bits per heavy atom. The molecular weight excluding hydrogens is 468 g/mol. The highest BCUT2D eigenvalue weighted by Gasteiger charge is 2.14. The molecule has 0 spiro atoms. The van der Waals surface area contributed by atoms with Gasteiger partial charge in [0.25, 0.3) is 0 Å².